The highest BCUT2D eigenvalue weighted by molar-refractivity contribution is 5.89. The van der Waals surface area contributed by atoms with E-state index in [1.54, 1.807) is 0 Å². The molecule has 2 nitrogen and oxygen atoms in total. The van der Waals surface area contributed by atoms with E-state index in [-0.39, 0.29) is 5.97 Å². The third kappa shape index (κ3) is 2.13. The van der Waals surface area contributed by atoms with E-state index in [4.69, 9.17) is 0 Å². The molecule has 74 valence electrons. The predicted molar refractivity (Wildman–Crippen MR) is 54.2 cm³/mol. The number of rotatable bonds is 3. The van der Waals surface area contributed by atoms with Crippen LogP contribution in [0.15, 0.2) is 24.3 Å². The van der Waals surface area contributed by atoms with Crippen molar-refractivity contribution in [2.75, 3.05) is 7.11 Å². The maximum Gasteiger partial charge on any atom is 0.337 e. The molecule has 1 aliphatic carbocycles. The molecule has 0 bridgehead atoms. The Morgan fingerprint density at radius 2 is 2.00 bits per heavy atom. The summed E-state index contributed by atoms with van der Waals surface area (Å²) >= 11 is 0. The molecule has 0 unspecified atom stereocenters. The summed E-state index contributed by atoms with van der Waals surface area (Å²) in [6, 6.07) is 7.71. The number of methoxy groups -OCH3 is 1. The number of esters is 1. The first-order chi connectivity index (χ1) is 6.79. The Morgan fingerprint density at radius 1 is 1.36 bits per heavy atom. The van der Waals surface area contributed by atoms with Gasteiger partial charge in [-0.1, -0.05) is 12.1 Å². The third-order valence-corrected chi connectivity index (χ3v) is 2.60. The molecule has 0 saturated heterocycles. The summed E-state index contributed by atoms with van der Waals surface area (Å²) in [4.78, 5) is 11.1. The lowest BCUT2D eigenvalue weighted by Crippen LogP contribution is -2.00. The van der Waals surface area contributed by atoms with Crippen molar-refractivity contribution in [2.45, 2.75) is 19.3 Å². The summed E-state index contributed by atoms with van der Waals surface area (Å²) in [7, 11) is 1.40. The van der Waals surface area contributed by atoms with Gasteiger partial charge in [0.25, 0.3) is 0 Å². The zero-order valence-electron chi connectivity index (χ0n) is 8.32. The van der Waals surface area contributed by atoms with E-state index in [1.165, 1.54) is 25.5 Å². The van der Waals surface area contributed by atoms with E-state index in [2.05, 4.69) is 4.74 Å². The van der Waals surface area contributed by atoms with Crippen molar-refractivity contribution < 1.29 is 9.53 Å². The van der Waals surface area contributed by atoms with Crippen molar-refractivity contribution in [1.82, 2.24) is 0 Å². The van der Waals surface area contributed by atoms with Gasteiger partial charge in [-0.2, -0.15) is 0 Å². The Kier molecular flexibility index (Phi) is 2.53. The van der Waals surface area contributed by atoms with E-state index >= 15 is 0 Å². The van der Waals surface area contributed by atoms with E-state index in [9.17, 15) is 4.79 Å². The van der Waals surface area contributed by atoms with Crippen molar-refractivity contribution in [1.29, 1.82) is 0 Å². The molecular formula is C12H14O2. The maximum absolute atomic E-state index is 11.1. The Labute approximate surface area is 83.9 Å². The molecule has 0 amide bonds. The molecule has 2 heteroatoms. The number of ether oxygens (including phenoxy) is 1. The van der Waals surface area contributed by atoms with Gasteiger partial charge in [0.1, 0.15) is 0 Å². The lowest BCUT2D eigenvalue weighted by Gasteiger charge is -2.01. The van der Waals surface area contributed by atoms with Gasteiger partial charge < -0.3 is 4.74 Å². The fraction of sp³-hybridized carbons (Fsp3) is 0.417. The fourth-order valence-corrected chi connectivity index (χ4v) is 1.55. The first-order valence-corrected chi connectivity index (χ1v) is 4.97. The number of hydrogen-bond acceptors (Lipinski definition) is 2. The van der Waals surface area contributed by atoms with Crippen LogP contribution in [0.4, 0.5) is 0 Å². The summed E-state index contributed by atoms with van der Waals surface area (Å²) < 4.78 is 4.63. The van der Waals surface area contributed by atoms with Gasteiger partial charge in [0, 0.05) is 0 Å². The van der Waals surface area contributed by atoms with Gasteiger partial charge in [0.15, 0.2) is 0 Å². The molecule has 1 saturated carbocycles. The molecule has 0 aliphatic heterocycles. The van der Waals surface area contributed by atoms with Crippen LogP contribution in [0.5, 0.6) is 0 Å². The highest BCUT2D eigenvalue weighted by Crippen LogP contribution is 2.32. The largest absolute Gasteiger partial charge is 0.465 e. The second-order valence-corrected chi connectivity index (χ2v) is 3.84. The lowest BCUT2D eigenvalue weighted by atomic mass is 10.1. The smallest absolute Gasteiger partial charge is 0.337 e. The molecule has 0 spiro atoms. The van der Waals surface area contributed by atoms with Crippen molar-refractivity contribution in [2.24, 2.45) is 5.92 Å². The van der Waals surface area contributed by atoms with Crippen LogP contribution in [0.1, 0.15) is 28.8 Å². The predicted octanol–water partition coefficient (Wildman–Crippen LogP) is 2.43. The Balaban J connectivity index is 2.04. The van der Waals surface area contributed by atoms with Gasteiger partial charge in [-0.15, -0.1) is 0 Å². The van der Waals surface area contributed by atoms with Crippen molar-refractivity contribution >= 4 is 5.97 Å². The van der Waals surface area contributed by atoms with Crippen LogP contribution in [-0.2, 0) is 11.2 Å². The van der Waals surface area contributed by atoms with Crippen molar-refractivity contribution in [3.05, 3.63) is 35.4 Å². The van der Waals surface area contributed by atoms with Crippen LogP contribution in [0, 0.1) is 5.92 Å². The van der Waals surface area contributed by atoms with Crippen LogP contribution in [0.2, 0.25) is 0 Å². The number of hydrogen-bond donors (Lipinski definition) is 0. The molecule has 1 aromatic carbocycles. The van der Waals surface area contributed by atoms with E-state index in [0.29, 0.717) is 5.56 Å². The molecule has 14 heavy (non-hydrogen) atoms. The van der Waals surface area contributed by atoms with Gasteiger partial charge >= 0.3 is 5.97 Å². The molecule has 0 atom stereocenters. The summed E-state index contributed by atoms with van der Waals surface area (Å²) in [5.41, 5.74) is 1.95. The van der Waals surface area contributed by atoms with Crippen LogP contribution in [0.25, 0.3) is 0 Å². The number of benzene rings is 1. The molecular weight excluding hydrogens is 176 g/mol. The van der Waals surface area contributed by atoms with E-state index < -0.39 is 0 Å². The van der Waals surface area contributed by atoms with Crippen LogP contribution in [0.3, 0.4) is 0 Å². The minimum atomic E-state index is -0.261. The Hall–Kier alpha value is -1.31. The van der Waals surface area contributed by atoms with E-state index in [0.717, 1.165) is 12.3 Å². The Morgan fingerprint density at radius 3 is 2.50 bits per heavy atom. The standard InChI is InChI=1S/C12H14O2/c1-14-12(13)11-6-4-10(5-7-11)8-9-2-3-9/h4-7,9H,2-3,8H2,1H3. The molecule has 0 N–H and O–H groups in total. The summed E-state index contributed by atoms with van der Waals surface area (Å²) in [6.07, 6.45) is 3.87. The van der Waals surface area contributed by atoms with Crippen LogP contribution < -0.4 is 0 Å². The molecule has 0 aromatic heterocycles. The average Bonchev–Trinajstić information content (AvgIpc) is 3.02. The highest BCUT2D eigenvalue weighted by Gasteiger charge is 2.21. The minimum absolute atomic E-state index is 0.261. The molecule has 1 fully saturated rings. The first-order valence-electron chi connectivity index (χ1n) is 4.97. The molecule has 1 aromatic rings. The minimum Gasteiger partial charge on any atom is -0.465 e. The lowest BCUT2D eigenvalue weighted by molar-refractivity contribution is 0.0600. The third-order valence-electron chi connectivity index (χ3n) is 2.60. The average molecular weight is 190 g/mol. The van der Waals surface area contributed by atoms with Gasteiger partial charge in [0.05, 0.1) is 12.7 Å². The Bertz CT molecular complexity index is 323. The second kappa shape index (κ2) is 3.82. The second-order valence-electron chi connectivity index (χ2n) is 3.84. The normalized spacial score (nSPS) is 15.2. The molecule has 0 heterocycles. The zero-order chi connectivity index (χ0) is 9.97. The van der Waals surface area contributed by atoms with E-state index in [1.807, 2.05) is 24.3 Å². The van der Waals surface area contributed by atoms with Crippen LogP contribution in [-0.4, -0.2) is 13.1 Å². The summed E-state index contributed by atoms with van der Waals surface area (Å²) in [5.74, 6) is 0.627. The first kappa shape index (κ1) is 9.25. The zero-order valence-corrected chi connectivity index (χ0v) is 8.32. The van der Waals surface area contributed by atoms with Gasteiger partial charge in [-0.3, -0.25) is 0 Å². The number of carbonyl (C=O) groups is 1. The molecule has 2 rings (SSSR count). The summed E-state index contributed by atoms with van der Waals surface area (Å²) in [5, 5.41) is 0. The van der Waals surface area contributed by atoms with Crippen LogP contribution >= 0.6 is 0 Å². The van der Waals surface area contributed by atoms with Crippen molar-refractivity contribution in [3.63, 3.8) is 0 Å². The van der Waals surface area contributed by atoms with Gasteiger partial charge in [0.2, 0.25) is 0 Å². The summed E-state index contributed by atoms with van der Waals surface area (Å²) in [6.45, 7) is 0. The fourth-order valence-electron chi connectivity index (χ4n) is 1.55. The monoisotopic (exact) mass is 190 g/mol. The SMILES string of the molecule is COC(=O)c1ccc(CC2CC2)cc1. The molecule has 0 radical (unpaired) electrons. The van der Waals surface area contributed by atoms with Gasteiger partial charge in [-0.25, -0.2) is 4.79 Å². The maximum atomic E-state index is 11.1. The topological polar surface area (TPSA) is 26.3 Å². The number of carbonyl (C=O) groups excluding carboxylic acids is 1. The quantitative estimate of drug-likeness (QED) is 0.684. The molecule has 1 aliphatic rings. The van der Waals surface area contributed by atoms with Gasteiger partial charge in [-0.05, 0) is 42.9 Å². The highest BCUT2D eigenvalue weighted by atomic mass is 16.5. The van der Waals surface area contributed by atoms with Crippen molar-refractivity contribution in [3.8, 4) is 0 Å².